The molecule has 9 heteroatoms. The molecule has 160 valence electrons. The fourth-order valence-corrected chi connectivity index (χ4v) is 5.68. The van der Waals surface area contributed by atoms with E-state index in [9.17, 15) is 13.2 Å². The minimum absolute atomic E-state index is 0.167. The fraction of sp³-hybridized carbons (Fsp3) is 0.333. The van der Waals surface area contributed by atoms with E-state index < -0.39 is 15.6 Å². The van der Waals surface area contributed by atoms with Crippen molar-refractivity contribution in [3.63, 3.8) is 0 Å². The topological polar surface area (TPSA) is 80.5 Å². The highest BCUT2D eigenvalue weighted by molar-refractivity contribution is 7.98. The Labute approximate surface area is 185 Å². The molecule has 0 radical (unpaired) electrons. The van der Waals surface area contributed by atoms with E-state index in [1.54, 1.807) is 32.0 Å². The van der Waals surface area contributed by atoms with Gasteiger partial charge >= 0.3 is 5.63 Å². The number of aryl methyl sites for hydroxylation is 1. The molecule has 3 rings (SSSR count). The third-order valence-corrected chi connectivity index (χ3v) is 8.18. The van der Waals surface area contributed by atoms with Crippen LogP contribution in [0, 0.1) is 0 Å². The highest BCUT2D eigenvalue weighted by atomic mass is 35.5. The second-order valence-corrected chi connectivity index (χ2v) is 9.93. The molecule has 0 bridgehead atoms. The molecule has 0 aliphatic carbocycles. The van der Waals surface area contributed by atoms with Crippen molar-refractivity contribution in [1.29, 1.82) is 0 Å². The summed E-state index contributed by atoms with van der Waals surface area (Å²) in [5.41, 5.74) is 1.80. The van der Waals surface area contributed by atoms with Crippen LogP contribution in [0.4, 0.5) is 0 Å². The van der Waals surface area contributed by atoms with Gasteiger partial charge in [-0.2, -0.15) is 4.31 Å². The zero-order valence-corrected chi connectivity index (χ0v) is 19.4. The number of hydrogen-bond acceptors (Lipinski definition) is 6. The number of aromatic nitrogens is 1. The Kier molecular flexibility index (Phi) is 7.23. The summed E-state index contributed by atoms with van der Waals surface area (Å²) in [6.45, 7) is 6.40. The van der Waals surface area contributed by atoms with Gasteiger partial charge in [0.05, 0.1) is 5.03 Å². The number of nitrogens with zero attached hydrogens (tertiary/aromatic N) is 2. The highest BCUT2D eigenvalue weighted by Crippen LogP contribution is 2.30. The summed E-state index contributed by atoms with van der Waals surface area (Å²) in [7, 11) is -3.54. The van der Waals surface area contributed by atoms with Gasteiger partial charge in [0.15, 0.2) is 0 Å². The molecule has 2 heterocycles. The highest BCUT2D eigenvalue weighted by Gasteiger charge is 2.21. The second-order valence-electron chi connectivity index (χ2n) is 6.59. The van der Waals surface area contributed by atoms with E-state index in [1.165, 1.54) is 28.3 Å². The van der Waals surface area contributed by atoms with Gasteiger partial charge in [0.2, 0.25) is 10.0 Å². The van der Waals surface area contributed by atoms with Gasteiger partial charge in [-0.1, -0.05) is 32.4 Å². The standard InChI is InChI=1S/C21H23ClN2O4S2/c1-4-14-9-19-17(11-18(14)22)15(10-21(25)28-19)13-29-20-8-7-16(12-23-20)30(26,27)24(5-2)6-3/h7-12H,4-6,13H2,1-3H3. The third-order valence-electron chi connectivity index (χ3n) is 4.81. The van der Waals surface area contributed by atoms with Crippen LogP contribution in [0.1, 0.15) is 31.9 Å². The van der Waals surface area contributed by atoms with Crippen LogP contribution in [0.3, 0.4) is 0 Å². The van der Waals surface area contributed by atoms with Crippen LogP contribution in [-0.2, 0) is 22.2 Å². The normalized spacial score (nSPS) is 12.0. The summed E-state index contributed by atoms with van der Waals surface area (Å²) >= 11 is 7.75. The molecule has 0 fully saturated rings. The summed E-state index contributed by atoms with van der Waals surface area (Å²) in [6.07, 6.45) is 2.11. The molecule has 0 aliphatic heterocycles. The monoisotopic (exact) mass is 466 g/mol. The van der Waals surface area contributed by atoms with Crippen LogP contribution in [0.5, 0.6) is 0 Å². The van der Waals surface area contributed by atoms with Crippen LogP contribution in [-0.4, -0.2) is 30.8 Å². The van der Waals surface area contributed by atoms with Crippen molar-refractivity contribution in [2.75, 3.05) is 13.1 Å². The maximum atomic E-state index is 12.6. The lowest BCUT2D eigenvalue weighted by atomic mass is 10.1. The summed E-state index contributed by atoms with van der Waals surface area (Å²) in [6, 6.07) is 8.32. The first kappa shape index (κ1) is 22.8. The maximum absolute atomic E-state index is 12.6. The van der Waals surface area contributed by atoms with E-state index in [0.717, 1.165) is 22.9 Å². The smallest absolute Gasteiger partial charge is 0.336 e. The van der Waals surface area contributed by atoms with E-state index in [0.29, 0.717) is 34.5 Å². The van der Waals surface area contributed by atoms with Crippen molar-refractivity contribution in [2.24, 2.45) is 0 Å². The number of benzene rings is 1. The van der Waals surface area contributed by atoms with Gasteiger partial charge in [-0.05, 0) is 41.8 Å². The van der Waals surface area contributed by atoms with Gasteiger partial charge in [0.1, 0.15) is 10.5 Å². The van der Waals surface area contributed by atoms with Crippen molar-refractivity contribution in [2.45, 2.75) is 42.9 Å². The molecule has 0 unspecified atom stereocenters. The lowest BCUT2D eigenvalue weighted by molar-refractivity contribution is 0.445. The summed E-state index contributed by atoms with van der Waals surface area (Å²) < 4.78 is 31.9. The fourth-order valence-electron chi connectivity index (χ4n) is 3.15. The number of thioether (sulfide) groups is 1. The first-order valence-electron chi connectivity index (χ1n) is 9.64. The molecule has 0 saturated heterocycles. The molecule has 0 atom stereocenters. The summed E-state index contributed by atoms with van der Waals surface area (Å²) in [4.78, 5) is 16.4. The molecule has 3 aromatic rings. The Bertz CT molecular complexity index is 1200. The average Bonchev–Trinajstić information content (AvgIpc) is 2.73. The van der Waals surface area contributed by atoms with Crippen molar-refractivity contribution < 1.29 is 12.8 Å². The molecular weight excluding hydrogens is 444 g/mol. The molecule has 0 aliphatic rings. The number of halogens is 1. The molecule has 6 nitrogen and oxygen atoms in total. The van der Waals surface area contributed by atoms with E-state index in [4.69, 9.17) is 16.0 Å². The van der Waals surface area contributed by atoms with E-state index >= 15 is 0 Å². The lowest BCUT2D eigenvalue weighted by Gasteiger charge is -2.18. The van der Waals surface area contributed by atoms with Crippen LogP contribution in [0.25, 0.3) is 11.0 Å². The van der Waals surface area contributed by atoms with Gasteiger partial charge in [-0.25, -0.2) is 18.2 Å². The lowest BCUT2D eigenvalue weighted by Crippen LogP contribution is -2.30. The van der Waals surface area contributed by atoms with Crippen LogP contribution >= 0.6 is 23.4 Å². The third kappa shape index (κ3) is 4.72. The van der Waals surface area contributed by atoms with Crippen molar-refractivity contribution in [1.82, 2.24) is 9.29 Å². The average molecular weight is 467 g/mol. The first-order chi connectivity index (χ1) is 14.3. The largest absolute Gasteiger partial charge is 0.423 e. The van der Waals surface area contributed by atoms with E-state index in [1.807, 2.05) is 13.0 Å². The number of hydrogen-bond donors (Lipinski definition) is 0. The van der Waals surface area contributed by atoms with Gasteiger partial charge in [-0.15, -0.1) is 11.8 Å². The zero-order valence-electron chi connectivity index (χ0n) is 17.0. The number of sulfonamides is 1. The molecule has 0 spiro atoms. The van der Waals surface area contributed by atoms with Gasteiger partial charge < -0.3 is 4.42 Å². The van der Waals surface area contributed by atoms with Crippen LogP contribution < -0.4 is 5.63 Å². The molecule has 30 heavy (non-hydrogen) atoms. The number of pyridine rings is 1. The maximum Gasteiger partial charge on any atom is 0.336 e. The SMILES string of the molecule is CCc1cc2oc(=O)cc(CSc3ccc(S(=O)(=O)N(CC)CC)cn3)c2cc1Cl. The molecule has 0 N–H and O–H groups in total. The van der Waals surface area contributed by atoms with Crippen LogP contribution in [0.15, 0.2) is 55.7 Å². The zero-order chi connectivity index (χ0) is 21.9. The summed E-state index contributed by atoms with van der Waals surface area (Å²) in [5, 5.41) is 2.07. The Morgan fingerprint density at radius 2 is 1.83 bits per heavy atom. The number of fused-ring (bicyclic) bond motifs is 1. The van der Waals surface area contributed by atoms with E-state index in [2.05, 4.69) is 4.98 Å². The van der Waals surface area contributed by atoms with Gasteiger partial charge in [0, 0.05) is 41.5 Å². The minimum Gasteiger partial charge on any atom is -0.423 e. The predicted molar refractivity (Wildman–Crippen MR) is 121 cm³/mol. The van der Waals surface area contributed by atoms with Crippen LogP contribution in [0.2, 0.25) is 5.02 Å². The Hall–Kier alpha value is -1.87. The Morgan fingerprint density at radius 3 is 2.43 bits per heavy atom. The van der Waals surface area contributed by atoms with E-state index in [-0.39, 0.29) is 4.90 Å². The van der Waals surface area contributed by atoms with Crippen molar-refractivity contribution in [3.05, 3.63) is 63.1 Å². The molecule has 0 saturated carbocycles. The number of rotatable bonds is 8. The second kappa shape index (κ2) is 9.51. The molecule has 1 aromatic carbocycles. The van der Waals surface area contributed by atoms with Gasteiger partial charge in [0.25, 0.3) is 0 Å². The molecule has 2 aromatic heterocycles. The first-order valence-corrected chi connectivity index (χ1v) is 12.4. The van der Waals surface area contributed by atoms with Gasteiger partial charge in [-0.3, -0.25) is 0 Å². The summed E-state index contributed by atoms with van der Waals surface area (Å²) in [5.74, 6) is 0.471. The predicted octanol–water partition coefficient (Wildman–Crippen LogP) is 4.73. The molecular formula is C21H23ClN2O4S2. The Morgan fingerprint density at radius 1 is 1.10 bits per heavy atom. The minimum atomic E-state index is -3.54. The quantitative estimate of drug-likeness (QED) is 0.352. The van der Waals surface area contributed by atoms with Crippen molar-refractivity contribution in [3.8, 4) is 0 Å². The molecule has 0 amide bonds. The van der Waals surface area contributed by atoms with Crippen molar-refractivity contribution >= 4 is 44.4 Å². The Balaban J connectivity index is 1.85.